The number of benzene rings is 2. The van der Waals surface area contributed by atoms with E-state index in [1.807, 2.05) is 0 Å². The molecule has 0 unspecified atom stereocenters. The van der Waals surface area contributed by atoms with Gasteiger partial charge in [-0.1, -0.05) is 12.1 Å². The number of aromatic nitrogens is 2. The first-order chi connectivity index (χ1) is 15.8. The van der Waals surface area contributed by atoms with Crippen molar-refractivity contribution in [3.05, 3.63) is 72.1 Å². The Morgan fingerprint density at radius 1 is 1.15 bits per heavy atom. The fraction of sp³-hybridized carbons (Fsp3) is 0.304. The van der Waals surface area contributed by atoms with Crippen LogP contribution in [0.4, 0.5) is 10.1 Å². The summed E-state index contributed by atoms with van der Waals surface area (Å²) in [5.74, 6) is -0.0635. The van der Waals surface area contributed by atoms with E-state index in [-0.39, 0.29) is 17.2 Å². The fourth-order valence-corrected chi connectivity index (χ4v) is 5.07. The van der Waals surface area contributed by atoms with Gasteiger partial charge in [0.25, 0.3) is 0 Å². The summed E-state index contributed by atoms with van der Waals surface area (Å²) in [5, 5.41) is 2.70. The number of anilines is 1. The normalized spacial score (nSPS) is 14.8. The van der Waals surface area contributed by atoms with Crippen LogP contribution in [0.2, 0.25) is 0 Å². The van der Waals surface area contributed by atoms with E-state index in [9.17, 15) is 17.6 Å². The molecule has 174 valence electrons. The molecule has 1 aliphatic heterocycles. The molecule has 1 saturated heterocycles. The van der Waals surface area contributed by atoms with Gasteiger partial charge in [0.1, 0.15) is 11.6 Å². The molecule has 1 fully saturated rings. The number of nitrogens with zero attached hydrogens (tertiary/aromatic N) is 3. The minimum atomic E-state index is -3.54. The Kier molecular flexibility index (Phi) is 6.87. The van der Waals surface area contributed by atoms with E-state index in [0.717, 1.165) is 5.56 Å². The standard InChI is InChI=1S/C23H25FN4O4S/c1-17-25-10-11-28(17)22-8-5-19(16-21(22)24)26-23(29)9-4-18-2-6-20(7-3-18)33(30,31)27-12-14-32-15-13-27/h2-3,5-8,10-11,16H,4,9,12-15H2,1H3,(H,26,29). The molecule has 33 heavy (non-hydrogen) atoms. The molecule has 1 amide bonds. The second kappa shape index (κ2) is 9.82. The first kappa shape index (κ1) is 23.1. The summed E-state index contributed by atoms with van der Waals surface area (Å²) in [7, 11) is -3.54. The quantitative estimate of drug-likeness (QED) is 0.571. The van der Waals surface area contributed by atoms with Gasteiger partial charge in [0.05, 0.1) is 23.8 Å². The maximum Gasteiger partial charge on any atom is 0.243 e. The van der Waals surface area contributed by atoms with Gasteiger partial charge in [-0.2, -0.15) is 4.31 Å². The zero-order valence-corrected chi connectivity index (χ0v) is 19.0. The van der Waals surface area contributed by atoms with Crippen molar-refractivity contribution in [1.29, 1.82) is 0 Å². The van der Waals surface area contributed by atoms with E-state index < -0.39 is 15.8 Å². The largest absolute Gasteiger partial charge is 0.379 e. The molecule has 0 saturated carbocycles. The molecule has 1 aromatic heterocycles. The lowest BCUT2D eigenvalue weighted by molar-refractivity contribution is -0.116. The number of hydrogen-bond acceptors (Lipinski definition) is 5. The van der Waals surface area contributed by atoms with E-state index in [0.29, 0.717) is 49.9 Å². The molecule has 2 aromatic carbocycles. The van der Waals surface area contributed by atoms with Crippen LogP contribution in [0.3, 0.4) is 0 Å². The molecule has 0 radical (unpaired) electrons. The number of imidazole rings is 1. The summed E-state index contributed by atoms with van der Waals surface area (Å²) < 4.78 is 48.1. The predicted molar refractivity (Wildman–Crippen MR) is 121 cm³/mol. The third kappa shape index (κ3) is 5.29. The number of hydrogen-bond donors (Lipinski definition) is 1. The second-order valence-corrected chi connectivity index (χ2v) is 9.66. The summed E-state index contributed by atoms with van der Waals surface area (Å²) >= 11 is 0. The van der Waals surface area contributed by atoms with Crippen LogP contribution in [0, 0.1) is 12.7 Å². The van der Waals surface area contributed by atoms with Crippen LogP contribution in [0.5, 0.6) is 0 Å². The Bertz CT molecular complexity index is 1240. The number of carbonyl (C=O) groups excluding carboxylic acids is 1. The van der Waals surface area contributed by atoms with Gasteiger partial charge < -0.3 is 14.6 Å². The van der Waals surface area contributed by atoms with Crippen molar-refractivity contribution in [2.75, 3.05) is 31.6 Å². The van der Waals surface area contributed by atoms with Crippen LogP contribution in [0.15, 0.2) is 59.8 Å². The Hall–Kier alpha value is -3.08. The average Bonchev–Trinajstić information content (AvgIpc) is 3.24. The van der Waals surface area contributed by atoms with Crippen LogP contribution in [-0.2, 0) is 26.0 Å². The van der Waals surface area contributed by atoms with Crippen LogP contribution < -0.4 is 5.32 Å². The predicted octanol–water partition coefficient (Wildman–Crippen LogP) is 2.91. The highest BCUT2D eigenvalue weighted by atomic mass is 32.2. The summed E-state index contributed by atoms with van der Waals surface area (Å²) in [6.45, 7) is 3.24. The number of ether oxygens (including phenoxy) is 1. The number of halogens is 1. The fourth-order valence-electron chi connectivity index (χ4n) is 3.66. The molecule has 10 heteroatoms. The molecular formula is C23H25FN4O4S. The number of amides is 1. The molecule has 0 bridgehead atoms. The first-order valence-electron chi connectivity index (χ1n) is 10.6. The van der Waals surface area contributed by atoms with Gasteiger partial charge in [0, 0.05) is 37.6 Å². The summed E-state index contributed by atoms with van der Waals surface area (Å²) in [6.07, 6.45) is 3.87. The number of carbonyl (C=O) groups is 1. The summed E-state index contributed by atoms with van der Waals surface area (Å²) in [4.78, 5) is 16.6. The summed E-state index contributed by atoms with van der Waals surface area (Å²) in [5.41, 5.74) is 1.56. The average molecular weight is 473 g/mol. The van der Waals surface area contributed by atoms with E-state index in [4.69, 9.17) is 4.74 Å². The molecule has 0 atom stereocenters. The van der Waals surface area contributed by atoms with Crippen molar-refractivity contribution < 1.29 is 22.3 Å². The second-order valence-electron chi connectivity index (χ2n) is 7.72. The van der Waals surface area contributed by atoms with Gasteiger partial charge in [-0.15, -0.1) is 0 Å². The molecule has 1 N–H and O–H groups in total. The molecule has 3 aromatic rings. The highest BCUT2D eigenvalue weighted by molar-refractivity contribution is 7.89. The van der Waals surface area contributed by atoms with Crippen LogP contribution in [0.1, 0.15) is 17.8 Å². The van der Waals surface area contributed by atoms with Crippen molar-refractivity contribution in [1.82, 2.24) is 13.9 Å². The lowest BCUT2D eigenvalue weighted by Crippen LogP contribution is -2.40. The summed E-state index contributed by atoms with van der Waals surface area (Å²) in [6, 6.07) is 11.0. The van der Waals surface area contributed by atoms with Crippen molar-refractivity contribution >= 4 is 21.6 Å². The maximum atomic E-state index is 14.5. The maximum absolute atomic E-state index is 14.5. The number of aryl methyl sites for hydroxylation is 2. The van der Waals surface area contributed by atoms with Crippen molar-refractivity contribution in [2.24, 2.45) is 0 Å². The monoisotopic (exact) mass is 472 g/mol. The number of sulfonamides is 1. The third-order valence-electron chi connectivity index (χ3n) is 5.49. The number of morpholine rings is 1. The van der Waals surface area contributed by atoms with E-state index >= 15 is 0 Å². The zero-order valence-electron chi connectivity index (χ0n) is 18.2. The van der Waals surface area contributed by atoms with Crippen molar-refractivity contribution in [2.45, 2.75) is 24.7 Å². The highest BCUT2D eigenvalue weighted by Crippen LogP contribution is 2.21. The van der Waals surface area contributed by atoms with Gasteiger partial charge in [-0.05, 0) is 49.2 Å². The lowest BCUT2D eigenvalue weighted by Gasteiger charge is -2.26. The molecular weight excluding hydrogens is 447 g/mol. The SMILES string of the molecule is Cc1nccn1-c1ccc(NC(=O)CCc2ccc(S(=O)(=O)N3CCOCC3)cc2)cc1F. The molecule has 8 nitrogen and oxygen atoms in total. The lowest BCUT2D eigenvalue weighted by atomic mass is 10.1. The van der Waals surface area contributed by atoms with E-state index in [2.05, 4.69) is 10.3 Å². The Morgan fingerprint density at radius 3 is 2.52 bits per heavy atom. The highest BCUT2D eigenvalue weighted by Gasteiger charge is 2.26. The van der Waals surface area contributed by atoms with E-state index in [1.165, 1.54) is 10.4 Å². The van der Waals surface area contributed by atoms with Crippen molar-refractivity contribution in [3.63, 3.8) is 0 Å². The minimum Gasteiger partial charge on any atom is -0.379 e. The topological polar surface area (TPSA) is 93.5 Å². The van der Waals surface area contributed by atoms with E-state index in [1.54, 1.807) is 60.3 Å². The van der Waals surface area contributed by atoms with Crippen LogP contribution in [-0.4, -0.2) is 54.5 Å². The minimum absolute atomic E-state index is 0.180. The van der Waals surface area contributed by atoms with Crippen molar-refractivity contribution in [3.8, 4) is 5.69 Å². The number of rotatable bonds is 7. The Morgan fingerprint density at radius 2 is 1.88 bits per heavy atom. The van der Waals surface area contributed by atoms with Gasteiger partial charge in [0.2, 0.25) is 15.9 Å². The number of nitrogens with one attached hydrogen (secondary N) is 1. The first-order valence-corrected chi connectivity index (χ1v) is 12.1. The third-order valence-corrected chi connectivity index (χ3v) is 7.40. The van der Waals surface area contributed by atoms with Crippen LogP contribution in [0.25, 0.3) is 5.69 Å². The van der Waals surface area contributed by atoms with Gasteiger partial charge >= 0.3 is 0 Å². The molecule has 1 aliphatic rings. The smallest absolute Gasteiger partial charge is 0.243 e. The molecule has 4 rings (SSSR count). The molecule has 0 spiro atoms. The Balaban J connectivity index is 1.33. The zero-order chi connectivity index (χ0) is 23.4. The van der Waals surface area contributed by atoms with Crippen LogP contribution >= 0.6 is 0 Å². The molecule has 0 aliphatic carbocycles. The van der Waals surface area contributed by atoms with Gasteiger partial charge in [-0.25, -0.2) is 17.8 Å². The van der Waals surface area contributed by atoms with Gasteiger partial charge in [0.15, 0.2) is 0 Å². The van der Waals surface area contributed by atoms with Gasteiger partial charge in [-0.3, -0.25) is 4.79 Å². The molecule has 2 heterocycles. The Labute approximate surface area is 192 Å².